The van der Waals surface area contributed by atoms with Crippen molar-refractivity contribution in [2.75, 3.05) is 32.0 Å². The lowest BCUT2D eigenvalue weighted by molar-refractivity contribution is -0.139. The van der Waals surface area contributed by atoms with Crippen molar-refractivity contribution in [3.8, 4) is 0 Å². The Kier molecular flexibility index (Phi) is 8.72. The second-order valence-electron chi connectivity index (χ2n) is 6.82. The molecule has 158 valence electrons. The number of carbonyl (C=O) groups excluding carboxylic acids is 1. The first-order chi connectivity index (χ1) is 12.6. The summed E-state index contributed by atoms with van der Waals surface area (Å²) in [7, 11) is 1.76. The number of amides is 1. The van der Waals surface area contributed by atoms with Gasteiger partial charge in [-0.1, -0.05) is 6.07 Å². The lowest BCUT2D eigenvalue weighted by Gasteiger charge is -2.38. The molecule has 0 aliphatic carbocycles. The minimum atomic E-state index is -4.46. The van der Waals surface area contributed by atoms with Crippen LogP contribution in [0.2, 0.25) is 0 Å². The summed E-state index contributed by atoms with van der Waals surface area (Å²) in [5.74, 6) is -1.25. The van der Waals surface area contributed by atoms with Crippen molar-refractivity contribution >= 4 is 30.0 Å². The van der Waals surface area contributed by atoms with Crippen molar-refractivity contribution in [2.45, 2.75) is 38.0 Å². The van der Waals surface area contributed by atoms with E-state index in [-0.39, 0.29) is 36.6 Å². The van der Waals surface area contributed by atoms with Gasteiger partial charge in [-0.3, -0.25) is 19.4 Å². The molecule has 6 nitrogen and oxygen atoms in total. The molecule has 2 N–H and O–H groups in total. The summed E-state index contributed by atoms with van der Waals surface area (Å²) < 4.78 is 38.3. The number of rotatable bonds is 6. The zero-order chi connectivity index (χ0) is 20.2. The summed E-state index contributed by atoms with van der Waals surface area (Å²) >= 11 is 0. The number of likely N-dealkylation sites (N-methyl/N-ethyl adjacent to an activating group) is 1. The van der Waals surface area contributed by atoms with Crippen LogP contribution < -0.4 is 5.32 Å². The van der Waals surface area contributed by atoms with Gasteiger partial charge in [0.15, 0.2) is 0 Å². The summed E-state index contributed by atoms with van der Waals surface area (Å²) in [5.41, 5.74) is -0.701. The number of hydrogen-bond donors (Lipinski definition) is 2. The van der Waals surface area contributed by atoms with E-state index in [2.05, 4.69) is 5.32 Å². The molecular weight excluding hydrogens is 399 g/mol. The van der Waals surface area contributed by atoms with Crippen molar-refractivity contribution in [3.63, 3.8) is 0 Å². The summed E-state index contributed by atoms with van der Waals surface area (Å²) in [4.78, 5) is 26.9. The Hall–Kier alpha value is -1.84. The van der Waals surface area contributed by atoms with E-state index in [1.54, 1.807) is 18.9 Å². The number of carboxylic acid groups (broad SMARTS) is 1. The van der Waals surface area contributed by atoms with E-state index < -0.39 is 23.8 Å². The van der Waals surface area contributed by atoms with Gasteiger partial charge in [0.05, 0.1) is 18.2 Å². The molecule has 1 aromatic rings. The second kappa shape index (κ2) is 10.1. The average Bonchev–Trinajstić information content (AvgIpc) is 2.60. The maximum absolute atomic E-state index is 12.8. The fraction of sp³-hybridized carbons (Fsp3) is 0.556. The Bertz CT molecular complexity index is 680. The van der Waals surface area contributed by atoms with E-state index >= 15 is 0 Å². The van der Waals surface area contributed by atoms with Gasteiger partial charge in [0, 0.05) is 24.8 Å². The van der Waals surface area contributed by atoms with Crippen LogP contribution >= 0.6 is 12.4 Å². The lowest BCUT2D eigenvalue weighted by atomic mass is 10.0. The minimum Gasteiger partial charge on any atom is -0.480 e. The van der Waals surface area contributed by atoms with Gasteiger partial charge < -0.3 is 10.4 Å². The third-order valence-electron chi connectivity index (χ3n) is 4.89. The zero-order valence-corrected chi connectivity index (χ0v) is 16.5. The number of nitrogens with one attached hydrogen (secondary N) is 1. The SMILES string of the molecule is CC(C(=O)Nc1cccc(C(F)(F)F)c1)N1CCC(N(C)CC(=O)O)CC1.Cl. The highest BCUT2D eigenvalue weighted by Crippen LogP contribution is 2.30. The van der Waals surface area contributed by atoms with Gasteiger partial charge in [0.2, 0.25) is 5.91 Å². The van der Waals surface area contributed by atoms with Gasteiger partial charge in [-0.25, -0.2) is 0 Å². The zero-order valence-electron chi connectivity index (χ0n) is 15.7. The van der Waals surface area contributed by atoms with Crippen LogP contribution in [0, 0.1) is 0 Å². The second-order valence-corrected chi connectivity index (χ2v) is 6.82. The number of alkyl halides is 3. The highest BCUT2D eigenvalue weighted by molar-refractivity contribution is 5.94. The topological polar surface area (TPSA) is 72.9 Å². The number of benzene rings is 1. The molecule has 0 bridgehead atoms. The molecule has 0 saturated carbocycles. The molecule has 1 fully saturated rings. The van der Waals surface area contributed by atoms with Crippen LogP contribution in [0.3, 0.4) is 0 Å². The Labute approximate surface area is 168 Å². The van der Waals surface area contributed by atoms with Gasteiger partial charge in [-0.15, -0.1) is 12.4 Å². The third-order valence-corrected chi connectivity index (χ3v) is 4.89. The molecule has 1 unspecified atom stereocenters. The van der Waals surface area contributed by atoms with Crippen molar-refractivity contribution < 1.29 is 27.9 Å². The minimum absolute atomic E-state index is 0. The molecule has 1 amide bonds. The largest absolute Gasteiger partial charge is 0.480 e. The molecule has 1 aromatic carbocycles. The molecule has 0 aromatic heterocycles. The highest BCUT2D eigenvalue weighted by Gasteiger charge is 2.31. The van der Waals surface area contributed by atoms with Crippen LogP contribution in [-0.4, -0.2) is 65.5 Å². The first-order valence-electron chi connectivity index (χ1n) is 8.72. The number of nitrogens with zero attached hydrogens (tertiary/aromatic N) is 2. The van der Waals surface area contributed by atoms with Crippen LogP contribution in [0.4, 0.5) is 18.9 Å². The number of aliphatic carboxylic acids is 1. The van der Waals surface area contributed by atoms with Crippen LogP contribution in [0.25, 0.3) is 0 Å². The number of carboxylic acids is 1. The molecule has 28 heavy (non-hydrogen) atoms. The fourth-order valence-electron chi connectivity index (χ4n) is 3.24. The molecule has 1 aliphatic rings. The van der Waals surface area contributed by atoms with Crippen LogP contribution in [0.1, 0.15) is 25.3 Å². The lowest BCUT2D eigenvalue weighted by Crippen LogP contribution is -2.50. The third kappa shape index (κ3) is 6.65. The van der Waals surface area contributed by atoms with Gasteiger partial charge >= 0.3 is 12.1 Å². The van der Waals surface area contributed by atoms with E-state index in [1.165, 1.54) is 12.1 Å². The van der Waals surface area contributed by atoms with Gasteiger partial charge in [-0.2, -0.15) is 13.2 Å². The normalized spacial score (nSPS) is 17.1. The Balaban J connectivity index is 0.00000392. The maximum Gasteiger partial charge on any atom is 0.416 e. The van der Waals surface area contributed by atoms with Crippen LogP contribution in [0.15, 0.2) is 24.3 Å². The number of piperidine rings is 1. The Morgan fingerprint density at radius 2 is 1.93 bits per heavy atom. The molecule has 0 spiro atoms. The van der Waals surface area contributed by atoms with E-state index in [0.29, 0.717) is 13.1 Å². The van der Waals surface area contributed by atoms with E-state index in [0.717, 1.165) is 25.0 Å². The summed E-state index contributed by atoms with van der Waals surface area (Å²) in [6.45, 7) is 2.91. The van der Waals surface area contributed by atoms with Crippen LogP contribution in [0.5, 0.6) is 0 Å². The number of likely N-dealkylation sites (tertiary alicyclic amines) is 1. The summed E-state index contributed by atoms with van der Waals surface area (Å²) in [6, 6.07) is 4.19. The Morgan fingerprint density at radius 1 is 1.32 bits per heavy atom. The summed E-state index contributed by atoms with van der Waals surface area (Å²) in [6.07, 6.45) is -3.01. The van der Waals surface area contributed by atoms with E-state index in [1.807, 2.05) is 4.90 Å². The maximum atomic E-state index is 12.8. The van der Waals surface area contributed by atoms with Crippen LogP contribution in [-0.2, 0) is 15.8 Å². The molecule has 1 heterocycles. The molecule has 10 heteroatoms. The first-order valence-corrected chi connectivity index (χ1v) is 8.72. The molecule has 1 saturated heterocycles. The molecule has 1 atom stereocenters. The average molecular weight is 424 g/mol. The van der Waals surface area contributed by atoms with E-state index in [9.17, 15) is 22.8 Å². The van der Waals surface area contributed by atoms with Gasteiger partial charge in [0.25, 0.3) is 0 Å². The standard InChI is InChI=1S/C18H24F3N3O3.ClH/c1-12(24-8-6-15(7-9-24)23(2)11-16(25)26)17(27)22-14-5-3-4-13(10-14)18(19,20)21;/h3-5,10,12,15H,6-9,11H2,1-2H3,(H,22,27)(H,25,26);1H. The molecular formula is C18H25ClF3N3O3. The van der Waals surface area contributed by atoms with E-state index in [4.69, 9.17) is 5.11 Å². The van der Waals surface area contributed by atoms with Crippen molar-refractivity contribution in [2.24, 2.45) is 0 Å². The fourth-order valence-corrected chi connectivity index (χ4v) is 3.24. The molecule has 1 aliphatic heterocycles. The number of anilines is 1. The summed E-state index contributed by atoms with van der Waals surface area (Å²) in [5, 5.41) is 11.4. The Morgan fingerprint density at radius 3 is 2.46 bits per heavy atom. The van der Waals surface area contributed by atoms with Crippen molar-refractivity contribution in [3.05, 3.63) is 29.8 Å². The predicted molar refractivity (Wildman–Crippen MR) is 102 cm³/mol. The number of halogens is 4. The van der Waals surface area contributed by atoms with Gasteiger partial charge in [0.1, 0.15) is 0 Å². The van der Waals surface area contributed by atoms with Gasteiger partial charge in [-0.05, 0) is 45.0 Å². The quantitative estimate of drug-likeness (QED) is 0.736. The molecule has 2 rings (SSSR count). The monoisotopic (exact) mass is 423 g/mol. The first kappa shape index (κ1) is 24.2. The highest BCUT2D eigenvalue weighted by atomic mass is 35.5. The smallest absolute Gasteiger partial charge is 0.416 e. The number of carbonyl (C=O) groups is 2. The number of hydrogen-bond acceptors (Lipinski definition) is 4. The predicted octanol–water partition coefficient (Wildman–Crippen LogP) is 2.94. The molecule has 0 radical (unpaired) electrons. The van der Waals surface area contributed by atoms with Crippen molar-refractivity contribution in [1.82, 2.24) is 9.80 Å². The van der Waals surface area contributed by atoms with Crippen molar-refractivity contribution in [1.29, 1.82) is 0 Å².